The standard InChI is InChI=1S/ClH.6H2O.Y/h1H;6*1H2;/q;;;;;;;+1/p-1. The normalized spacial score (nSPS) is 0.500. The van der Waals surface area contributed by atoms with Gasteiger partial charge in [0, 0.05) is 0 Å². The van der Waals surface area contributed by atoms with Crippen LogP contribution in [0.25, 0.3) is 0 Å². The molecule has 6 nitrogen and oxygen atoms in total. The van der Waals surface area contributed by atoms with E-state index in [0.29, 0.717) is 0 Å². The molecule has 0 heterocycles. The van der Waals surface area contributed by atoms with Gasteiger partial charge in [-0.15, -0.1) is 0 Å². The Morgan fingerprint density at radius 3 is 0.500 bits per heavy atom. The van der Waals surface area contributed by atoms with Gasteiger partial charge in [-0.3, -0.25) is 0 Å². The molecule has 0 saturated heterocycles. The predicted molar refractivity (Wildman–Crippen MR) is 27.5 cm³/mol. The van der Waals surface area contributed by atoms with Crippen molar-refractivity contribution < 1.29 is 62.4 Å². The van der Waals surface area contributed by atoms with Gasteiger partial charge >= 0.3 is 36.9 Å². The van der Waals surface area contributed by atoms with E-state index in [1.165, 1.54) is 0 Å². The topological polar surface area (TPSA) is 189 Å². The summed E-state index contributed by atoms with van der Waals surface area (Å²) in [5.41, 5.74) is 0. The molecule has 12 N–H and O–H groups in total. The molecule has 0 unspecified atom stereocenters. The molecule has 0 aromatic rings. The summed E-state index contributed by atoms with van der Waals surface area (Å²) in [4.78, 5) is 0. The van der Waals surface area contributed by atoms with Crippen molar-refractivity contribution >= 4 is 7.33 Å². The molecule has 8 heavy (non-hydrogen) atoms. The SMILES string of the molecule is O.O.O.O.O.O.[Cl][Y]. The molecule has 0 aliphatic rings. The first-order valence-corrected chi connectivity index (χ1v) is 3.87. The van der Waals surface area contributed by atoms with Crippen LogP contribution >= 0.6 is 7.33 Å². The molecule has 0 radical (unpaired) electrons. The van der Waals surface area contributed by atoms with Crippen molar-refractivity contribution in [2.24, 2.45) is 0 Å². The first-order valence-electron chi connectivity index (χ1n) is 0.218. The Balaban J connectivity index is -0.000000000333. The molecule has 8 heteroatoms. The summed E-state index contributed by atoms with van der Waals surface area (Å²) in [6.07, 6.45) is 0. The third-order valence-corrected chi connectivity index (χ3v) is 0. The fourth-order valence-corrected chi connectivity index (χ4v) is 0. The van der Waals surface area contributed by atoms with Gasteiger partial charge in [-0.1, -0.05) is 0 Å². The fraction of sp³-hybridized carbons (Fsp3) is 0. The van der Waals surface area contributed by atoms with E-state index >= 15 is 0 Å². The number of rotatable bonds is 0. The molecular weight excluding hydrogens is 220 g/mol. The quantitative estimate of drug-likeness (QED) is 0.391. The van der Waals surface area contributed by atoms with E-state index in [4.69, 9.17) is 7.33 Å². The first-order chi connectivity index (χ1) is 1.00. The number of hydrogen-bond donors (Lipinski definition) is 0. The third kappa shape index (κ3) is 203. The van der Waals surface area contributed by atoms with Crippen LogP contribution < -0.4 is 0 Å². The Morgan fingerprint density at radius 1 is 0.500 bits per heavy atom. The van der Waals surface area contributed by atoms with Gasteiger partial charge in [0.25, 0.3) is 0 Å². The van der Waals surface area contributed by atoms with Gasteiger partial charge in [0.2, 0.25) is 0 Å². The van der Waals surface area contributed by atoms with Gasteiger partial charge < -0.3 is 32.9 Å². The number of hydrogen-bond acceptors (Lipinski definition) is 0. The molecule has 0 aromatic heterocycles. The zero-order chi connectivity index (χ0) is 2.00. The summed E-state index contributed by atoms with van der Waals surface area (Å²) in [5, 5.41) is 0. The molecule has 0 aliphatic heterocycles. The zero-order valence-corrected chi connectivity index (χ0v) is 7.55. The van der Waals surface area contributed by atoms with Crippen molar-refractivity contribution in [3.05, 3.63) is 0 Å². The Hall–Kier alpha value is 1.15. The van der Waals surface area contributed by atoms with Gasteiger partial charge in [-0.2, -0.15) is 0 Å². The molecule has 0 saturated carbocycles. The van der Waals surface area contributed by atoms with Crippen molar-refractivity contribution in [3.63, 3.8) is 0 Å². The van der Waals surface area contributed by atoms with Crippen LogP contribution in [0.5, 0.6) is 0 Å². The summed E-state index contributed by atoms with van der Waals surface area (Å²) >= 11 is 0.822. The minimum atomic E-state index is 0. The minimum absolute atomic E-state index is 0. The van der Waals surface area contributed by atoms with Crippen LogP contribution in [-0.4, -0.2) is 32.9 Å². The first kappa shape index (κ1) is 131. The van der Waals surface area contributed by atoms with Crippen LogP contribution in [0.2, 0.25) is 0 Å². The van der Waals surface area contributed by atoms with Crippen molar-refractivity contribution in [1.82, 2.24) is 0 Å². The van der Waals surface area contributed by atoms with Crippen LogP contribution in [-0.2, 0) is 29.6 Å². The van der Waals surface area contributed by atoms with E-state index in [1.54, 1.807) is 0 Å². The summed E-state index contributed by atoms with van der Waals surface area (Å²) in [6, 6.07) is 0. The molecule has 0 rings (SSSR count). The number of halogens is 1. The van der Waals surface area contributed by atoms with E-state index in [9.17, 15) is 0 Å². The molecule has 0 spiro atoms. The summed E-state index contributed by atoms with van der Waals surface area (Å²) < 4.78 is 0. The van der Waals surface area contributed by atoms with E-state index < -0.39 is 0 Å². The second-order valence-corrected chi connectivity index (χ2v) is 0. The van der Waals surface area contributed by atoms with Gasteiger partial charge in [0.1, 0.15) is 0 Å². The van der Waals surface area contributed by atoms with Crippen LogP contribution in [0, 0.1) is 0 Å². The zero-order valence-electron chi connectivity index (χ0n) is 3.96. The Kier molecular flexibility index (Phi) is 5140. The molecule has 0 amide bonds. The molecule has 0 bridgehead atoms. The maximum absolute atomic E-state index is 4.77. The second-order valence-electron chi connectivity index (χ2n) is 0. The van der Waals surface area contributed by atoms with Gasteiger partial charge in [0.05, 0.1) is 0 Å². The summed E-state index contributed by atoms with van der Waals surface area (Å²) in [5.74, 6) is 0. The van der Waals surface area contributed by atoms with Crippen LogP contribution in [0.3, 0.4) is 0 Å². The summed E-state index contributed by atoms with van der Waals surface area (Å²) in [6.45, 7) is 0. The van der Waals surface area contributed by atoms with E-state index in [0.717, 1.165) is 29.6 Å². The second kappa shape index (κ2) is 313. The molecule has 0 atom stereocenters. The average Bonchev–Trinajstić information content (AvgIpc) is 1.00. The monoisotopic (exact) mass is 232 g/mol. The fourth-order valence-electron chi connectivity index (χ4n) is 0. The van der Waals surface area contributed by atoms with Crippen molar-refractivity contribution in [2.45, 2.75) is 0 Å². The summed E-state index contributed by atoms with van der Waals surface area (Å²) in [7, 11) is 4.77. The molecule has 0 fully saturated rings. The van der Waals surface area contributed by atoms with Crippen LogP contribution in [0.4, 0.5) is 0 Å². The van der Waals surface area contributed by atoms with E-state index in [-0.39, 0.29) is 32.9 Å². The van der Waals surface area contributed by atoms with Crippen molar-refractivity contribution in [1.29, 1.82) is 0 Å². The van der Waals surface area contributed by atoms with Gasteiger partial charge in [-0.25, -0.2) is 0 Å². The molecular formula is H12ClO6Y. The van der Waals surface area contributed by atoms with E-state index in [2.05, 4.69) is 0 Å². The van der Waals surface area contributed by atoms with Crippen molar-refractivity contribution in [2.75, 3.05) is 0 Å². The average molecular weight is 232 g/mol. The van der Waals surface area contributed by atoms with Crippen molar-refractivity contribution in [3.8, 4) is 0 Å². The Morgan fingerprint density at radius 2 is 0.500 bits per heavy atom. The van der Waals surface area contributed by atoms with E-state index in [1.807, 2.05) is 0 Å². The molecule has 0 aromatic carbocycles. The Bertz CT molecular complexity index is 8.49. The molecule has 58 valence electrons. The van der Waals surface area contributed by atoms with Gasteiger partial charge in [-0.05, 0) is 0 Å². The molecule has 0 aliphatic carbocycles. The maximum atomic E-state index is 4.77. The van der Waals surface area contributed by atoms with Crippen LogP contribution in [0.15, 0.2) is 0 Å². The Labute approximate surface area is 69.6 Å². The third-order valence-electron chi connectivity index (χ3n) is 0. The predicted octanol–water partition coefficient (Wildman–Crippen LogP) is -4.26. The van der Waals surface area contributed by atoms with Gasteiger partial charge in [0.15, 0.2) is 0 Å². The van der Waals surface area contributed by atoms with Crippen LogP contribution in [0.1, 0.15) is 0 Å².